The minimum atomic E-state index is 0.604. The van der Waals surface area contributed by atoms with Crippen LogP contribution in [0, 0.1) is 0 Å². The van der Waals surface area contributed by atoms with Crippen LogP contribution in [0.15, 0.2) is 60.7 Å². The predicted molar refractivity (Wildman–Crippen MR) is 89.6 cm³/mol. The van der Waals surface area contributed by atoms with Crippen LogP contribution in [0.4, 0.5) is 0 Å². The van der Waals surface area contributed by atoms with E-state index in [9.17, 15) is 0 Å². The highest BCUT2D eigenvalue weighted by Gasteiger charge is 2.30. The maximum Gasteiger partial charge on any atom is 0.00812 e. The van der Waals surface area contributed by atoms with Gasteiger partial charge in [-0.25, -0.2) is 0 Å². The highest BCUT2D eigenvalue weighted by molar-refractivity contribution is 5.22. The Balaban J connectivity index is 1.38. The number of benzene rings is 2. The molecule has 3 rings (SSSR count). The summed E-state index contributed by atoms with van der Waals surface area (Å²) in [5.41, 5.74) is 2.95. The molecule has 0 aromatic heterocycles. The highest BCUT2D eigenvalue weighted by Crippen LogP contribution is 2.36. The van der Waals surface area contributed by atoms with Crippen molar-refractivity contribution in [3.8, 4) is 0 Å². The number of nitrogens with one attached hydrogen (secondary N) is 1. The van der Waals surface area contributed by atoms with Crippen LogP contribution in [0.3, 0.4) is 0 Å². The normalized spacial score (nSPS) is 22.5. The lowest BCUT2D eigenvalue weighted by atomic mass is 9.75. The van der Waals surface area contributed by atoms with E-state index in [1.165, 1.54) is 36.8 Å². The van der Waals surface area contributed by atoms with Gasteiger partial charge in [0.25, 0.3) is 0 Å². The van der Waals surface area contributed by atoms with E-state index < -0.39 is 0 Å². The van der Waals surface area contributed by atoms with Gasteiger partial charge in [-0.05, 0) is 49.7 Å². The highest BCUT2D eigenvalue weighted by atomic mass is 15.0. The Bertz CT molecular complexity index is 526. The third kappa shape index (κ3) is 3.95. The van der Waals surface area contributed by atoms with Crippen molar-refractivity contribution < 1.29 is 0 Å². The third-order valence-electron chi connectivity index (χ3n) is 4.64. The van der Waals surface area contributed by atoms with Crippen molar-refractivity contribution >= 4 is 0 Å². The van der Waals surface area contributed by atoms with Crippen LogP contribution >= 0.6 is 0 Å². The molecule has 1 fully saturated rings. The molecule has 1 aliphatic rings. The van der Waals surface area contributed by atoms with Crippen molar-refractivity contribution in [1.29, 1.82) is 0 Å². The monoisotopic (exact) mass is 279 g/mol. The maximum absolute atomic E-state index is 3.79. The molecule has 1 atom stereocenters. The zero-order valence-corrected chi connectivity index (χ0v) is 12.8. The first kappa shape index (κ1) is 14.3. The van der Waals surface area contributed by atoms with Gasteiger partial charge in [-0.15, -0.1) is 0 Å². The summed E-state index contributed by atoms with van der Waals surface area (Å²) in [6, 6.07) is 23.0. The SMILES string of the molecule is CC(CCc1ccccc1)NC1CC(c2ccccc2)C1. The molecule has 0 radical (unpaired) electrons. The Morgan fingerprint density at radius 1 is 0.952 bits per heavy atom. The Labute approximate surface area is 128 Å². The lowest BCUT2D eigenvalue weighted by Crippen LogP contribution is -2.44. The quantitative estimate of drug-likeness (QED) is 0.818. The molecule has 0 amide bonds. The molecule has 0 spiro atoms. The van der Waals surface area contributed by atoms with E-state index in [0.29, 0.717) is 12.1 Å². The van der Waals surface area contributed by atoms with Crippen molar-refractivity contribution in [1.82, 2.24) is 5.32 Å². The summed E-state index contributed by atoms with van der Waals surface area (Å²) in [4.78, 5) is 0. The van der Waals surface area contributed by atoms with E-state index >= 15 is 0 Å². The first-order chi connectivity index (χ1) is 10.3. The maximum atomic E-state index is 3.79. The van der Waals surface area contributed by atoms with E-state index in [-0.39, 0.29) is 0 Å². The van der Waals surface area contributed by atoms with Crippen molar-refractivity contribution in [3.63, 3.8) is 0 Å². The molecule has 1 N–H and O–H groups in total. The van der Waals surface area contributed by atoms with Crippen LogP contribution < -0.4 is 5.32 Å². The van der Waals surface area contributed by atoms with E-state index in [2.05, 4.69) is 72.9 Å². The minimum Gasteiger partial charge on any atom is -0.311 e. The Morgan fingerprint density at radius 2 is 1.57 bits per heavy atom. The summed E-state index contributed by atoms with van der Waals surface area (Å²) >= 11 is 0. The van der Waals surface area contributed by atoms with Crippen molar-refractivity contribution in [3.05, 3.63) is 71.8 Å². The van der Waals surface area contributed by atoms with Gasteiger partial charge in [0.05, 0.1) is 0 Å². The molecule has 0 saturated heterocycles. The molecule has 0 heterocycles. The molecule has 1 nitrogen and oxygen atoms in total. The first-order valence-electron chi connectivity index (χ1n) is 8.16. The van der Waals surface area contributed by atoms with Crippen LogP contribution in [0.2, 0.25) is 0 Å². The van der Waals surface area contributed by atoms with Gasteiger partial charge in [-0.2, -0.15) is 0 Å². The number of rotatable bonds is 6. The van der Waals surface area contributed by atoms with Gasteiger partial charge in [-0.3, -0.25) is 0 Å². The summed E-state index contributed by atoms with van der Waals surface area (Å²) in [6.45, 7) is 2.32. The average molecular weight is 279 g/mol. The van der Waals surface area contributed by atoms with E-state index in [1.54, 1.807) is 0 Å². The zero-order chi connectivity index (χ0) is 14.5. The Morgan fingerprint density at radius 3 is 2.24 bits per heavy atom. The number of hydrogen-bond acceptors (Lipinski definition) is 1. The van der Waals surface area contributed by atoms with Crippen molar-refractivity contribution in [2.24, 2.45) is 0 Å². The number of aryl methyl sites for hydroxylation is 1. The second-order valence-corrected chi connectivity index (χ2v) is 6.37. The van der Waals surface area contributed by atoms with Gasteiger partial charge in [0.2, 0.25) is 0 Å². The van der Waals surface area contributed by atoms with Gasteiger partial charge in [-0.1, -0.05) is 60.7 Å². The molecule has 1 unspecified atom stereocenters. The van der Waals surface area contributed by atoms with Gasteiger partial charge < -0.3 is 5.32 Å². The molecule has 110 valence electrons. The van der Waals surface area contributed by atoms with Gasteiger partial charge in [0, 0.05) is 12.1 Å². The van der Waals surface area contributed by atoms with Gasteiger partial charge in [0.1, 0.15) is 0 Å². The molecule has 1 aliphatic carbocycles. The molecule has 2 aromatic carbocycles. The van der Waals surface area contributed by atoms with Crippen molar-refractivity contribution in [2.45, 2.75) is 50.6 Å². The largest absolute Gasteiger partial charge is 0.311 e. The van der Waals surface area contributed by atoms with E-state index in [1.807, 2.05) is 0 Å². The molecule has 2 aromatic rings. The fourth-order valence-corrected chi connectivity index (χ4v) is 3.26. The molecular formula is C20H25N. The third-order valence-corrected chi connectivity index (χ3v) is 4.64. The molecule has 1 saturated carbocycles. The predicted octanol–water partition coefficient (Wildman–Crippen LogP) is 4.54. The molecule has 0 bridgehead atoms. The van der Waals surface area contributed by atoms with E-state index in [0.717, 1.165) is 5.92 Å². The molecular weight excluding hydrogens is 254 g/mol. The first-order valence-corrected chi connectivity index (χ1v) is 8.16. The lowest BCUT2D eigenvalue weighted by molar-refractivity contribution is 0.265. The van der Waals surface area contributed by atoms with Crippen LogP contribution in [0.1, 0.15) is 43.2 Å². The van der Waals surface area contributed by atoms with E-state index in [4.69, 9.17) is 0 Å². The van der Waals surface area contributed by atoms with Crippen LogP contribution in [0.25, 0.3) is 0 Å². The Hall–Kier alpha value is -1.60. The summed E-state index contributed by atoms with van der Waals surface area (Å²) < 4.78 is 0. The average Bonchev–Trinajstić information content (AvgIpc) is 2.50. The van der Waals surface area contributed by atoms with Crippen molar-refractivity contribution in [2.75, 3.05) is 0 Å². The summed E-state index contributed by atoms with van der Waals surface area (Å²) in [7, 11) is 0. The lowest BCUT2D eigenvalue weighted by Gasteiger charge is -2.38. The smallest absolute Gasteiger partial charge is 0.00812 e. The minimum absolute atomic E-state index is 0.604. The summed E-state index contributed by atoms with van der Waals surface area (Å²) in [5, 5.41) is 3.79. The fourth-order valence-electron chi connectivity index (χ4n) is 3.26. The zero-order valence-electron chi connectivity index (χ0n) is 12.8. The second-order valence-electron chi connectivity index (χ2n) is 6.37. The second kappa shape index (κ2) is 6.91. The van der Waals surface area contributed by atoms with Gasteiger partial charge >= 0.3 is 0 Å². The van der Waals surface area contributed by atoms with Crippen LogP contribution in [-0.2, 0) is 6.42 Å². The summed E-state index contributed by atoms with van der Waals surface area (Å²) in [6.07, 6.45) is 4.97. The topological polar surface area (TPSA) is 12.0 Å². The summed E-state index contributed by atoms with van der Waals surface area (Å²) in [5.74, 6) is 0.769. The molecule has 21 heavy (non-hydrogen) atoms. The van der Waals surface area contributed by atoms with Crippen LogP contribution in [0.5, 0.6) is 0 Å². The van der Waals surface area contributed by atoms with Gasteiger partial charge in [0.15, 0.2) is 0 Å². The number of hydrogen-bond donors (Lipinski definition) is 1. The standard InChI is InChI=1S/C20H25N/c1-16(12-13-17-8-4-2-5-9-17)21-20-14-19(15-20)18-10-6-3-7-11-18/h2-11,16,19-21H,12-15H2,1H3. The molecule has 0 aliphatic heterocycles. The molecule has 1 heteroatoms. The van der Waals surface area contributed by atoms with Crippen LogP contribution in [-0.4, -0.2) is 12.1 Å². The Kier molecular flexibility index (Phi) is 4.72. The fraction of sp³-hybridized carbons (Fsp3) is 0.400.